The van der Waals surface area contributed by atoms with Crippen LogP contribution in [0.2, 0.25) is 0 Å². The molecule has 3 aliphatic rings. The molecule has 0 bridgehead atoms. The van der Waals surface area contributed by atoms with Gasteiger partial charge in [0, 0.05) is 49.2 Å². The summed E-state index contributed by atoms with van der Waals surface area (Å²) in [5.41, 5.74) is 7.87. The van der Waals surface area contributed by atoms with Crippen LogP contribution in [0.4, 0.5) is 17.1 Å². The van der Waals surface area contributed by atoms with Gasteiger partial charge < -0.3 is 20.9 Å². The molecule has 2 aromatic rings. The molecule has 5 nitrogen and oxygen atoms in total. The average Bonchev–Trinajstić information content (AvgIpc) is 3.58. The summed E-state index contributed by atoms with van der Waals surface area (Å²) in [6, 6.07) is 13.5. The van der Waals surface area contributed by atoms with Crippen LogP contribution in [0.3, 0.4) is 0 Å². The van der Waals surface area contributed by atoms with Crippen LogP contribution in [0.1, 0.15) is 61.1 Å². The zero-order valence-electron chi connectivity index (χ0n) is 19.3. The van der Waals surface area contributed by atoms with E-state index < -0.39 is 0 Å². The molecule has 3 N–H and O–H groups in total. The lowest BCUT2D eigenvalue weighted by atomic mass is 9.85. The van der Waals surface area contributed by atoms with Crippen molar-refractivity contribution >= 4 is 23.0 Å². The summed E-state index contributed by atoms with van der Waals surface area (Å²) in [5.74, 6) is 1.22. The highest BCUT2D eigenvalue weighted by molar-refractivity contribution is 5.79. The van der Waals surface area contributed by atoms with E-state index in [9.17, 15) is 4.79 Å². The highest BCUT2D eigenvalue weighted by Crippen LogP contribution is 2.44. The Labute approximate surface area is 192 Å². The van der Waals surface area contributed by atoms with Gasteiger partial charge in [0.25, 0.3) is 0 Å². The number of rotatable bonds is 9. The molecule has 2 saturated carbocycles. The van der Waals surface area contributed by atoms with Crippen molar-refractivity contribution < 1.29 is 4.79 Å². The van der Waals surface area contributed by atoms with Gasteiger partial charge >= 0.3 is 0 Å². The van der Waals surface area contributed by atoms with E-state index in [1.165, 1.54) is 41.6 Å². The molecule has 0 unspecified atom stereocenters. The number of hydrogen-bond donors (Lipinski definition) is 3. The molecule has 0 aromatic heterocycles. The minimum atomic E-state index is 0.248. The van der Waals surface area contributed by atoms with E-state index in [-0.39, 0.29) is 11.8 Å². The smallest absolute Gasteiger partial charge is 0.223 e. The molecule has 0 spiro atoms. The van der Waals surface area contributed by atoms with Crippen molar-refractivity contribution in [2.24, 2.45) is 5.92 Å². The summed E-state index contributed by atoms with van der Waals surface area (Å²) in [6.45, 7) is 3.80. The molecular formula is C27H36N4O. The van der Waals surface area contributed by atoms with Crippen molar-refractivity contribution in [2.75, 3.05) is 37.3 Å². The topological polar surface area (TPSA) is 56.4 Å². The summed E-state index contributed by atoms with van der Waals surface area (Å²) in [7, 11) is 2.19. The maximum atomic E-state index is 12.0. The van der Waals surface area contributed by atoms with Gasteiger partial charge in [0.1, 0.15) is 0 Å². The van der Waals surface area contributed by atoms with E-state index in [0.29, 0.717) is 5.92 Å². The van der Waals surface area contributed by atoms with Crippen LogP contribution in [0, 0.1) is 5.92 Å². The lowest BCUT2D eigenvalue weighted by molar-refractivity contribution is -0.127. The number of amides is 1. The van der Waals surface area contributed by atoms with Gasteiger partial charge in [-0.1, -0.05) is 18.6 Å². The Hall–Kier alpha value is -2.53. The predicted molar refractivity (Wildman–Crippen MR) is 132 cm³/mol. The van der Waals surface area contributed by atoms with Crippen LogP contribution in [0.15, 0.2) is 36.4 Å². The fraction of sp³-hybridized carbons (Fsp3) is 0.519. The number of nitrogens with one attached hydrogen (secondary N) is 3. The second kappa shape index (κ2) is 9.53. The Kier molecular flexibility index (Phi) is 6.35. The van der Waals surface area contributed by atoms with Gasteiger partial charge in [-0.2, -0.15) is 0 Å². The maximum absolute atomic E-state index is 12.0. The van der Waals surface area contributed by atoms with Crippen molar-refractivity contribution in [1.82, 2.24) is 10.2 Å². The Morgan fingerprint density at radius 1 is 1.00 bits per heavy atom. The maximum Gasteiger partial charge on any atom is 0.223 e. The first kappa shape index (κ1) is 21.3. The lowest BCUT2D eigenvalue weighted by Crippen LogP contribution is -2.35. The third kappa shape index (κ3) is 5.09. The van der Waals surface area contributed by atoms with E-state index in [1.807, 2.05) is 0 Å². The minimum Gasteiger partial charge on any atom is -0.385 e. The SMILES string of the molecule is CN1CCc2cc(Nc3ccc(C4CC4)c(NCCCNC(=O)C4CCC4)c3)ccc2C1. The number of carbonyl (C=O) groups is 1. The second-order valence-electron chi connectivity index (χ2n) is 9.87. The molecule has 5 heteroatoms. The van der Waals surface area contributed by atoms with Crippen molar-refractivity contribution in [1.29, 1.82) is 0 Å². The largest absolute Gasteiger partial charge is 0.385 e. The van der Waals surface area contributed by atoms with E-state index in [0.717, 1.165) is 63.2 Å². The molecule has 2 fully saturated rings. The highest BCUT2D eigenvalue weighted by atomic mass is 16.1. The lowest BCUT2D eigenvalue weighted by Gasteiger charge is -2.25. The average molecular weight is 433 g/mol. The summed E-state index contributed by atoms with van der Waals surface area (Å²) < 4.78 is 0. The molecule has 0 radical (unpaired) electrons. The highest BCUT2D eigenvalue weighted by Gasteiger charge is 2.26. The van der Waals surface area contributed by atoms with E-state index in [4.69, 9.17) is 0 Å². The second-order valence-corrected chi connectivity index (χ2v) is 9.87. The van der Waals surface area contributed by atoms with Gasteiger partial charge in [-0.05, 0) is 92.4 Å². The third-order valence-electron chi connectivity index (χ3n) is 7.21. The summed E-state index contributed by atoms with van der Waals surface area (Å²) in [4.78, 5) is 14.4. The fourth-order valence-electron chi connectivity index (χ4n) is 4.81. The molecule has 1 heterocycles. The molecule has 0 atom stereocenters. The molecule has 1 aliphatic heterocycles. The predicted octanol–water partition coefficient (Wildman–Crippen LogP) is 5.01. The van der Waals surface area contributed by atoms with E-state index in [2.05, 4.69) is 64.3 Å². The number of anilines is 3. The van der Waals surface area contributed by atoms with Crippen molar-refractivity contribution in [3.05, 3.63) is 53.1 Å². The molecule has 0 saturated heterocycles. The number of nitrogens with zero attached hydrogens (tertiary/aromatic N) is 1. The third-order valence-corrected chi connectivity index (χ3v) is 7.21. The molecular weight excluding hydrogens is 396 g/mol. The Balaban J connectivity index is 1.19. The minimum absolute atomic E-state index is 0.248. The molecule has 170 valence electrons. The van der Waals surface area contributed by atoms with Gasteiger partial charge in [0.15, 0.2) is 0 Å². The monoisotopic (exact) mass is 432 g/mol. The van der Waals surface area contributed by atoms with Crippen LogP contribution in [0.25, 0.3) is 0 Å². The quantitative estimate of drug-likeness (QED) is 0.487. The van der Waals surface area contributed by atoms with Crippen LogP contribution in [-0.4, -0.2) is 37.5 Å². The van der Waals surface area contributed by atoms with Gasteiger partial charge in [-0.15, -0.1) is 0 Å². The van der Waals surface area contributed by atoms with Crippen molar-refractivity contribution in [2.45, 2.75) is 57.4 Å². The number of hydrogen-bond acceptors (Lipinski definition) is 4. The normalized spacial score (nSPS) is 18.5. The number of benzene rings is 2. The summed E-state index contributed by atoms with van der Waals surface area (Å²) >= 11 is 0. The summed E-state index contributed by atoms with van der Waals surface area (Å²) in [6.07, 6.45) is 7.98. The molecule has 5 rings (SSSR count). The molecule has 2 aliphatic carbocycles. The first-order valence-electron chi connectivity index (χ1n) is 12.4. The zero-order valence-corrected chi connectivity index (χ0v) is 19.3. The first-order valence-corrected chi connectivity index (χ1v) is 12.4. The van der Waals surface area contributed by atoms with Gasteiger partial charge in [-0.3, -0.25) is 4.79 Å². The van der Waals surface area contributed by atoms with Crippen molar-refractivity contribution in [3.63, 3.8) is 0 Å². The standard InChI is InChI=1S/C27H36N4O/c1-31-15-12-21-16-23(9-8-22(21)18-31)30-24-10-11-25(19-6-7-19)26(17-24)28-13-3-14-29-27(32)20-4-2-5-20/h8-11,16-17,19-20,28,30H,2-7,12-15,18H2,1H3,(H,29,32). The van der Waals surface area contributed by atoms with E-state index >= 15 is 0 Å². The van der Waals surface area contributed by atoms with Crippen LogP contribution < -0.4 is 16.0 Å². The van der Waals surface area contributed by atoms with Crippen LogP contribution >= 0.6 is 0 Å². The Morgan fingerprint density at radius 3 is 2.59 bits per heavy atom. The van der Waals surface area contributed by atoms with Gasteiger partial charge in [-0.25, -0.2) is 0 Å². The van der Waals surface area contributed by atoms with Crippen molar-refractivity contribution in [3.8, 4) is 0 Å². The fourth-order valence-corrected chi connectivity index (χ4v) is 4.81. The van der Waals surface area contributed by atoms with E-state index in [1.54, 1.807) is 0 Å². The number of carbonyl (C=O) groups excluding carboxylic acids is 1. The molecule has 1 amide bonds. The first-order chi connectivity index (χ1) is 15.7. The number of fused-ring (bicyclic) bond motifs is 1. The summed E-state index contributed by atoms with van der Waals surface area (Å²) in [5, 5.41) is 10.4. The zero-order chi connectivity index (χ0) is 21.9. The van der Waals surface area contributed by atoms with Gasteiger partial charge in [0.2, 0.25) is 5.91 Å². The molecule has 32 heavy (non-hydrogen) atoms. The number of likely N-dealkylation sites (N-methyl/N-ethyl adjacent to an activating group) is 1. The van der Waals surface area contributed by atoms with Crippen LogP contribution in [0.5, 0.6) is 0 Å². The Morgan fingerprint density at radius 2 is 1.81 bits per heavy atom. The molecule has 2 aromatic carbocycles. The Bertz CT molecular complexity index is 964. The van der Waals surface area contributed by atoms with Crippen LogP contribution in [-0.2, 0) is 17.8 Å². The van der Waals surface area contributed by atoms with Gasteiger partial charge in [0.05, 0.1) is 0 Å².